The minimum Gasteiger partial charge on any atom is -0.494 e. The molecule has 1 amide bonds. The van der Waals surface area contributed by atoms with Crippen LogP contribution in [0.1, 0.15) is 12.8 Å². The van der Waals surface area contributed by atoms with E-state index in [-0.39, 0.29) is 5.91 Å². The lowest BCUT2D eigenvalue weighted by atomic mass is 10.1. The van der Waals surface area contributed by atoms with Gasteiger partial charge in [-0.2, -0.15) is 0 Å². The van der Waals surface area contributed by atoms with Crippen LogP contribution in [0.3, 0.4) is 0 Å². The van der Waals surface area contributed by atoms with Crippen molar-refractivity contribution < 1.29 is 14.3 Å². The Kier molecular flexibility index (Phi) is 4.90. The van der Waals surface area contributed by atoms with Crippen LogP contribution in [-0.4, -0.2) is 31.7 Å². The number of nitrogens with zero attached hydrogens (tertiary/aromatic N) is 1. The van der Waals surface area contributed by atoms with Crippen LogP contribution in [0.15, 0.2) is 30.5 Å². The number of hydrogen-bond acceptors (Lipinski definition) is 4. The van der Waals surface area contributed by atoms with Gasteiger partial charge in [-0.1, -0.05) is 0 Å². The van der Waals surface area contributed by atoms with Crippen molar-refractivity contribution in [3.05, 3.63) is 30.5 Å². The molecule has 1 N–H and O–H groups in total. The van der Waals surface area contributed by atoms with Crippen molar-refractivity contribution in [1.82, 2.24) is 4.98 Å². The Hall–Kier alpha value is -2.14. The highest BCUT2D eigenvalue weighted by Crippen LogP contribution is 2.29. The average Bonchev–Trinajstić information content (AvgIpc) is 2.48. The van der Waals surface area contributed by atoms with E-state index in [0.717, 1.165) is 16.6 Å². The van der Waals surface area contributed by atoms with Crippen LogP contribution in [0, 0.1) is 0 Å². The van der Waals surface area contributed by atoms with Gasteiger partial charge < -0.3 is 14.8 Å². The maximum absolute atomic E-state index is 11.9. The number of fused-ring (bicyclic) bond motifs is 1. The second-order valence-electron chi connectivity index (χ2n) is 4.36. The van der Waals surface area contributed by atoms with Gasteiger partial charge in [-0.05, 0) is 30.7 Å². The Labute approximate surface area is 117 Å². The Balaban J connectivity index is 2.20. The quantitative estimate of drug-likeness (QED) is 0.822. The van der Waals surface area contributed by atoms with E-state index in [1.165, 1.54) is 0 Å². The number of pyridine rings is 1. The number of anilines is 1. The first-order valence-electron chi connectivity index (χ1n) is 6.46. The summed E-state index contributed by atoms with van der Waals surface area (Å²) in [4.78, 5) is 16.2. The fraction of sp³-hybridized carbons (Fsp3) is 0.333. The molecule has 0 spiro atoms. The smallest absolute Gasteiger partial charge is 0.224 e. The summed E-state index contributed by atoms with van der Waals surface area (Å²) in [6.07, 6.45) is 2.84. The fourth-order valence-electron chi connectivity index (χ4n) is 2.01. The van der Waals surface area contributed by atoms with Crippen LogP contribution in [0.4, 0.5) is 5.69 Å². The number of nitrogens with one attached hydrogen (secondary N) is 1. The van der Waals surface area contributed by atoms with E-state index in [2.05, 4.69) is 10.3 Å². The van der Waals surface area contributed by atoms with E-state index in [0.29, 0.717) is 25.2 Å². The highest BCUT2D eigenvalue weighted by molar-refractivity contribution is 6.02. The molecule has 0 atom stereocenters. The van der Waals surface area contributed by atoms with Crippen LogP contribution in [-0.2, 0) is 9.53 Å². The first-order chi connectivity index (χ1) is 9.76. The first-order valence-corrected chi connectivity index (χ1v) is 6.46. The van der Waals surface area contributed by atoms with Crippen molar-refractivity contribution in [2.24, 2.45) is 0 Å². The van der Waals surface area contributed by atoms with E-state index in [1.54, 1.807) is 26.5 Å². The van der Waals surface area contributed by atoms with Gasteiger partial charge in [0.2, 0.25) is 5.91 Å². The first kappa shape index (κ1) is 14.3. The van der Waals surface area contributed by atoms with Gasteiger partial charge in [0.25, 0.3) is 0 Å². The lowest BCUT2D eigenvalue weighted by Gasteiger charge is -2.10. The van der Waals surface area contributed by atoms with Crippen molar-refractivity contribution in [2.75, 3.05) is 26.1 Å². The van der Waals surface area contributed by atoms with Gasteiger partial charge in [0.15, 0.2) is 0 Å². The Morgan fingerprint density at radius 2 is 2.15 bits per heavy atom. The third-order valence-corrected chi connectivity index (χ3v) is 2.98. The predicted octanol–water partition coefficient (Wildman–Crippen LogP) is 2.61. The van der Waals surface area contributed by atoms with Gasteiger partial charge in [0.05, 0.1) is 12.8 Å². The van der Waals surface area contributed by atoms with Gasteiger partial charge in [-0.3, -0.25) is 9.78 Å². The summed E-state index contributed by atoms with van der Waals surface area (Å²) in [6.45, 7) is 0.582. The van der Waals surface area contributed by atoms with Gasteiger partial charge in [-0.15, -0.1) is 0 Å². The predicted molar refractivity (Wildman–Crippen MR) is 78.0 cm³/mol. The molecular formula is C15H18N2O3. The number of benzene rings is 1. The topological polar surface area (TPSA) is 60.5 Å². The van der Waals surface area contributed by atoms with Crippen molar-refractivity contribution in [1.29, 1.82) is 0 Å². The molecule has 0 radical (unpaired) electrons. The van der Waals surface area contributed by atoms with E-state index in [9.17, 15) is 4.79 Å². The van der Waals surface area contributed by atoms with Gasteiger partial charge in [0.1, 0.15) is 11.3 Å². The van der Waals surface area contributed by atoms with Crippen LogP contribution >= 0.6 is 0 Å². The zero-order valence-electron chi connectivity index (χ0n) is 11.7. The number of carbonyl (C=O) groups is 1. The minimum absolute atomic E-state index is 0.0302. The van der Waals surface area contributed by atoms with Crippen molar-refractivity contribution in [2.45, 2.75) is 12.8 Å². The summed E-state index contributed by atoms with van der Waals surface area (Å²) >= 11 is 0. The average molecular weight is 274 g/mol. The van der Waals surface area contributed by atoms with Crippen LogP contribution in [0.25, 0.3) is 10.9 Å². The lowest BCUT2D eigenvalue weighted by molar-refractivity contribution is -0.116. The SMILES string of the molecule is COCCCC(=O)Nc1ccc(OC)c2ncccc12. The zero-order valence-corrected chi connectivity index (χ0v) is 11.7. The molecule has 1 aromatic carbocycles. The summed E-state index contributed by atoms with van der Waals surface area (Å²) in [5.41, 5.74) is 1.49. The molecule has 0 aliphatic heterocycles. The fourth-order valence-corrected chi connectivity index (χ4v) is 2.01. The lowest BCUT2D eigenvalue weighted by Crippen LogP contribution is -2.12. The highest BCUT2D eigenvalue weighted by Gasteiger charge is 2.09. The number of ether oxygens (including phenoxy) is 2. The Bertz CT molecular complexity index is 599. The van der Waals surface area contributed by atoms with Gasteiger partial charge in [0, 0.05) is 31.7 Å². The van der Waals surface area contributed by atoms with E-state index in [4.69, 9.17) is 9.47 Å². The van der Waals surface area contributed by atoms with Crippen molar-refractivity contribution in [3.8, 4) is 5.75 Å². The van der Waals surface area contributed by atoms with E-state index in [1.807, 2.05) is 18.2 Å². The van der Waals surface area contributed by atoms with E-state index < -0.39 is 0 Å². The standard InChI is InChI=1S/C15H18N2O3/c1-19-10-4-6-14(18)17-12-7-8-13(20-2)15-11(12)5-3-9-16-15/h3,5,7-9H,4,6,10H2,1-2H3,(H,17,18). The maximum atomic E-state index is 11.9. The number of carbonyl (C=O) groups excluding carboxylic acids is 1. The molecule has 0 unspecified atom stereocenters. The van der Waals surface area contributed by atoms with Crippen LogP contribution in [0.5, 0.6) is 5.75 Å². The summed E-state index contributed by atoms with van der Waals surface area (Å²) in [5.74, 6) is 0.662. The second-order valence-corrected chi connectivity index (χ2v) is 4.36. The second kappa shape index (κ2) is 6.86. The molecule has 106 valence electrons. The molecule has 0 fully saturated rings. The molecule has 0 saturated carbocycles. The van der Waals surface area contributed by atoms with Crippen LogP contribution < -0.4 is 10.1 Å². The minimum atomic E-state index is -0.0302. The monoisotopic (exact) mass is 274 g/mol. The van der Waals surface area contributed by atoms with Crippen LogP contribution in [0.2, 0.25) is 0 Å². The maximum Gasteiger partial charge on any atom is 0.224 e. The number of methoxy groups -OCH3 is 2. The third-order valence-electron chi connectivity index (χ3n) is 2.98. The molecule has 2 aromatic rings. The van der Waals surface area contributed by atoms with Gasteiger partial charge >= 0.3 is 0 Å². The molecule has 0 aliphatic rings. The van der Waals surface area contributed by atoms with Gasteiger partial charge in [-0.25, -0.2) is 0 Å². The third kappa shape index (κ3) is 3.24. The normalized spacial score (nSPS) is 10.5. The molecule has 1 heterocycles. The summed E-state index contributed by atoms with van der Waals surface area (Å²) < 4.78 is 10.2. The van der Waals surface area contributed by atoms with E-state index >= 15 is 0 Å². The Morgan fingerprint density at radius 3 is 2.90 bits per heavy atom. The zero-order chi connectivity index (χ0) is 14.4. The molecule has 5 nitrogen and oxygen atoms in total. The molecular weight excluding hydrogens is 256 g/mol. The molecule has 0 aliphatic carbocycles. The molecule has 5 heteroatoms. The van der Waals surface area contributed by atoms with Crippen molar-refractivity contribution >= 4 is 22.5 Å². The molecule has 2 rings (SSSR count). The summed E-state index contributed by atoms with van der Waals surface area (Å²) in [5, 5.41) is 3.77. The molecule has 0 saturated heterocycles. The van der Waals surface area contributed by atoms with Crippen molar-refractivity contribution in [3.63, 3.8) is 0 Å². The number of amides is 1. The highest BCUT2D eigenvalue weighted by atomic mass is 16.5. The number of hydrogen-bond donors (Lipinski definition) is 1. The molecule has 1 aromatic heterocycles. The Morgan fingerprint density at radius 1 is 1.30 bits per heavy atom. The molecule has 20 heavy (non-hydrogen) atoms. The molecule has 0 bridgehead atoms. The summed E-state index contributed by atoms with van der Waals surface area (Å²) in [6, 6.07) is 7.38. The number of aromatic nitrogens is 1. The number of rotatable bonds is 6. The summed E-state index contributed by atoms with van der Waals surface area (Å²) in [7, 11) is 3.23. The largest absolute Gasteiger partial charge is 0.494 e.